The van der Waals surface area contributed by atoms with Gasteiger partial charge < -0.3 is 9.64 Å². The van der Waals surface area contributed by atoms with Crippen molar-refractivity contribution in [2.24, 2.45) is 13.0 Å². The van der Waals surface area contributed by atoms with Crippen LogP contribution in [0.4, 0.5) is 0 Å². The number of likely N-dealkylation sites (tertiary alicyclic amines) is 1. The molecular weight excluding hydrogens is 314 g/mol. The van der Waals surface area contributed by atoms with Crippen LogP contribution in [0.15, 0.2) is 30.3 Å². The van der Waals surface area contributed by atoms with Gasteiger partial charge in [0, 0.05) is 37.3 Å². The third-order valence-electron chi connectivity index (χ3n) is 5.09. The van der Waals surface area contributed by atoms with Crippen LogP contribution in [0.5, 0.6) is 5.75 Å². The molecule has 1 unspecified atom stereocenters. The second-order valence-corrected chi connectivity index (χ2v) is 6.92. The Morgan fingerprint density at radius 3 is 2.72 bits per heavy atom. The van der Waals surface area contributed by atoms with E-state index < -0.39 is 0 Å². The highest BCUT2D eigenvalue weighted by Crippen LogP contribution is 2.21. The van der Waals surface area contributed by atoms with Crippen molar-refractivity contribution in [2.75, 3.05) is 19.7 Å². The van der Waals surface area contributed by atoms with E-state index in [-0.39, 0.29) is 5.91 Å². The van der Waals surface area contributed by atoms with Crippen LogP contribution in [0.2, 0.25) is 0 Å². The van der Waals surface area contributed by atoms with Gasteiger partial charge in [-0.15, -0.1) is 0 Å². The number of aromatic nitrogens is 2. The summed E-state index contributed by atoms with van der Waals surface area (Å²) in [5.41, 5.74) is 3.09. The van der Waals surface area contributed by atoms with Crippen LogP contribution in [0.1, 0.15) is 29.8 Å². The van der Waals surface area contributed by atoms with Crippen molar-refractivity contribution in [3.8, 4) is 5.75 Å². The van der Waals surface area contributed by atoms with E-state index in [0.717, 1.165) is 48.6 Å². The molecule has 0 N–H and O–H groups in total. The van der Waals surface area contributed by atoms with E-state index in [0.29, 0.717) is 18.9 Å². The predicted octanol–water partition coefficient (Wildman–Crippen LogP) is 2.90. The van der Waals surface area contributed by atoms with Crippen LogP contribution >= 0.6 is 0 Å². The first-order chi connectivity index (χ1) is 12.0. The predicted molar refractivity (Wildman–Crippen MR) is 97.6 cm³/mol. The van der Waals surface area contributed by atoms with E-state index in [9.17, 15) is 4.79 Å². The van der Waals surface area contributed by atoms with Gasteiger partial charge in [0.1, 0.15) is 5.75 Å². The Morgan fingerprint density at radius 1 is 1.28 bits per heavy atom. The molecule has 0 bridgehead atoms. The zero-order chi connectivity index (χ0) is 17.8. The fourth-order valence-electron chi connectivity index (χ4n) is 3.49. The molecule has 1 aromatic carbocycles. The van der Waals surface area contributed by atoms with Crippen molar-refractivity contribution in [1.29, 1.82) is 0 Å². The molecule has 2 heterocycles. The van der Waals surface area contributed by atoms with Crippen molar-refractivity contribution in [2.45, 2.75) is 33.1 Å². The second-order valence-electron chi connectivity index (χ2n) is 6.92. The van der Waals surface area contributed by atoms with Crippen molar-refractivity contribution in [3.63, 3.8) is 0 Å². The van der Waals surface area contributed by atoms with E-state index in [1.807, 2.05) is 60.8 Å². The van der Waals surface area contributed by atoms with E-state index in [4.69, 9.17) is 4.74 Å². The summed E-state index contributed by atoms with van der Waals surface area (Å²) in [6.07, 6.45) is 2.60. The number of para-hydroxylation sites is 1. The van der Waals surface area contributed by atoms with Crippen molar-refractivity contribution >= 4 is 5.91 Å². The second kappa shape index (κ2) is 7.72. The summed E-state index contributed by atoms with van der Waals surface area (Å²) in [7, 11) is 1.92. The lowest BCUT2D eigenvalue weighted by Gasteiger charge is -2.32. The summed E-state index contributed by atoms with van der Waals surface area (Å²) in [5, 5.41) is 4.41. The minimum Gasteiger partial charge on any atom is -0.493 e. The van der Waals surface area contributed by atoms with Crippen LogP contribution < -0.4 is 4.74 Å². The van der Waals surface area contributed by atoms with Gasteiger partial charge in [-0.3, -0.25) is 9.48 Å². The zero-order valence-corrected chi connectivity index (χ0v) is 15.4. The number of amides is 1. The quantitative estimate of drug-likeness (QED) is 0.840. The maximum atomic E-state index is 12.7. The molecule has 2 aromatic rings. The molecule has 0 spiro atoms. The lowest BCUT2D eigenvalue weighted by atomic mass is 9.98. The number of ether oxygens (including phenoxy) is 1. The smallest absolute Gasteiger partial charge is 0.227 e. The van der Waals surface area contributed by atoms with E-state index in [2.05, 4.69) is 5.10 Å². The first kappa shape index (κ1) is 17.5. The number of piperidine rings is 1. The van der Waals surface area contributed by atoms with E-state index in [1.54, 1.807) is 0 Å². The summed E-state index contributed by atoms with van der Waals surface area (Å²) >= 11 is 0. The number of rotatable bonds is 5. The van der Waals surface area contributed by atoms with Gasteiger partial charge in [-0.25, -0.2) is 0 Å². The van der Waals surface area contributed by atoms with Crippen LogP contribution in [-0.4, -0.2) is 40.3 Å². The van der Waals surface area contributed by atoms with Crippen molar-refractivity contribution in [1.82, 2.24) is 14.7 Å². The highest BCUT2D eigenvalue weighted by Gasteiger charge is 2.25. The molecule has 1 atom stereocenters. The van der Waals surface area contributed by atoms with Crippen LogP contribution in [0.3, 0.4) is 0 Å². The number of carbonyl (C=O) groups excluding carboxylic acids is 1. The molecule has 0 aliphatic carbocycles. The number of benzene rings is 1. The number of carbonyl (C=O) groups is 1. The Labute approximate surface area is 149 Å². The first-order valence-electron chi connectivity index (χ1n) is 8.99. The standard InChI is InChI=1S/C20H27N3O2/c1-15-19(16(2)22(3)21-15)12-20(24)23-11-7-8-17(13-23)14-25-18-9-5-4-6-10-18/h4-6,9-10,17H,7-8,11-14H2,1-3H3. The van der Waals surface area contributed by atoms with Crippen LogP contribution in [0, 0.1) is 19.8 Å². The monoisotopic (exact) mass is 341 g/mol. The zero-order valence-electron chi connectivity index (χ0n) is 15.4. The Morgan fingerprint density at radius 2 is 2.04 bits per heavy atom. The topological polar surface area (TPSA) is 47.4 Å². The van der Waals surface area contributed by atoms with Gasteiger partial charge >= 0.3 is 0 Å². The number of hydrogen-bond donors (Lipinski definition) is 0. The molecule has 1 amide bonds. The van der Waals surface area contributed by atoms with Gasteiger partial charge in [-0.2, -0.15) is 5.10 Å². The van der Waals surface area contributed by atoms with Crippen molar-refractivity contribution in [3.05, 3.63) is 47.3 Å². The number of aryl methyl sites for hydroxylation is 2. The molecular formula is C20H27N3O2. The van der Waals surface area contributed by atoms with Crippen LogP contribution in [0.25, 0.3) is 0 Å². The molecule has 0 saturated carbocycles. The minimum absolute atomic E-state index is 0.198. The molecule has 1 aliphatic rings. The Hall–Kier alpha value is -2.30. The molecule has 25 heavy (non-hydrogen) atoms. The maximum absolute atomic E-state index is 12.7. The molecule has 1 fully saturated rings. The molecule has 5 heteroatoms. The third kappa shape index (κ3) is 4.21. The van der Waals surface area contributed by atoms with Gasteiger partial charge in [0.2, 0.25) is 5.91 Å². The number of nitrogens with zero attached hydrogens (tertiary/aromatic N) is 3. The Kier molecular flexibility index (Phi) is 5.41. The summed E-state index contributed by atoms with van der Waals surface area (Å²) in [6.45, 7) is 6.29. The maximum Gasteiger partial charge on any atom is 0.227 e. The van der Waals surface area contributed by atoms with Gasteiger partial charge in [-0.05, 0) is 38.8 Å². The van der Waals surface area contributed by atoms with Crippen molar-refractivity contribution < 1.29 is 9.53 Å². The lowest BCUT2D eigenvalue weighted by molar-refractivity contribution is -0.132. The minimum atomic E-state index is 0.198. The van der Waals surface area contributed by atoms with E-state index >= 15 is 0 Å². The number of hydrogen-bond acceptors (Lipinski definition) is 3. The molecule has 0 radical (unpaired) electrons. The van der Waals surface area contributed by atoms with Gasteiger partial charge in [0.05, 0.1) is 18.7 Å². The largest absolute Gasteiger partial charge is 0.493 e. The molecule has 5 nitrogen and oxygen atoms in total. The SMILES string of the molecule is Cc1nn(C)c(C)c1CC(=O)N1CCCC(COc2ccccc2)C1. The molecule has 134 valence electrons. The van der Waals surface area contributed by atoms with Crippen LogP contribution in [-0.2, 0) is 18.3 Å². The summed E-state index contributed by atoms with van der Waals surface area (Å²) in [6, 6.07) is 9.88. The average Bonchev–Trinajstić information content (AvgIpc) is 2.87. The average molecular weight is 341 g/mol. The molecule has 3 rings (SSSR count). The Bertz CT molecular complexity index is 724. The summed E-state index contributed by atoms with van der Waals surface area (Å²) in [4.78, 5) is 14.7. The fourth-order valence-corrected chi connectivity index (χ4v) is 3.49. The summed E-state index contributed by atoms with van der Waals surface area (Å²) < 4.78 is 7.73. The normalized spacial score (nSPS) is 17.6. The lowest BCUT2D eigenvalue weighted by Crippen LogP contribution is -2.42. The van der Waals surface area contributed by atoms with Gasteiger partial charge in [0.25, 0.3) is 0 Å². The van der Waals surface area contributed by atoms with Gasteiger partial charge in [-0.1, -0.05) is 18.2 Å². The van der Waals surface area contributed by atoms with E-state index in [1.165, 1.54) is 0 Å². The highest BCUT2D eigenvalue weighted by atomic mass is 16.5. The first-order valence-corrected chi connectivity index (χ1v) is 8.99. The molecule has 1 aliphatic heterocycles. The fraction of sp³-hybridized carbons (Fsp3) is 0.500. The highest BCUT2D eigenvalue weighted by molar-refractivity contribution is 5.79. The summed E-state index contributed by atoms with van der Waals surface area (Å²) in [5.74, 6) is 1.49. The van der Waals surface area contributed by atoms with Gasteiger partial charge in [0.15, 0.2) is 0 Å². The molecule has 1 aromatic heterocycles. The molecule has 1 saturated heterocycles. The Balaban J connectivity index is 1.56. The third-order valence-corrected chi connectivity index (χ3v) is 5.09.